The fourth-order valence-corrected chi connectivity index (χ4v) is 2.39. The van der Waals surface area contributed by atoms with Crippen LogP contribution in [-0.2, 0) is 11.9 Å². The first kappa shape index (κ1) is 14.8. The Morgan fingerprint density at radius 1 is 1.25 bits per heavy atom. The molecule has 2 aromatic rings. The van der Waals surface area contributed by atoms with Gasteiger partial charge in [-0.15, -0.1) is 0 Å². The third kappa shape index (κ3) is 3.72. The van der Waals surface area contributed by atoms with Crippen molar-refractivity contribution in [1.29, 1.82) is 5.26 Å². The Balaban J connectivity index is 2.17. The molecular weight excluding hydrogens is 345 g/mol. The minimum atomic E-state index is -0.445. The van der Waals surface area contributed by atoms with E-state index in [1.54, 1.807) is 24.3 Å². The summed E-state index contributed by atoms with van der Waals surface area (Å²) in [6, 6.07) is 11.4. The van der Waals surface area contributed by atoms with Crippen LogP contribution in [0.3, 0.4) is 0 Å². The molecule has 0 radical (unpaired) electrons. The quantitative estimate of drug-likeness (QED) is 0.737. The van der Waals surface area contributed by atoms with E-state index in [1.165, 1.54) is 12.1 Å². The molecule has 0 heterocycles. The highest BCUT2D eigenvalue weighted by molar-refractivity contribution is 9.08. The predicted octanol–water partition coefficient (Wildman–Crippen LogP) is 4.82. The molecule has 102 valence electrons. The fraction of sp³-hybridized carbons (Fsp3) is 0.133. The third-order valence-corrected chi connectivity index (χ3v) is 3.49. The minimum Gasteiger partial charge on any atom is -0.489 e. The van der Waals surface area contributed by atoms with Gasteiger partial charge in [-0.05, 0) is 42.0 Å². The lowest BCUT2D eigenvalue weighted by molar-refractivity contribution is 0.303. The number of nitriles is 1. The van der Waals surface area contributed by atoms with Crippen molar-refractivity contribution in [1.82, 2.24) is 0 Å². The fourth-order valence-electron chi connectivity index (χ4n) is 1.75. The lowest BCUT2D eigenvalue weighted by Crippen LogP contribution is -1.99. The first-order chi connectivity index (χ1) is 9.62. The molecule has 0 spiro atoms. The second-order valence-electron chi connectivity index (χ2n) is 4.13. The molecule has 2 nitrogen and oxygen atoms in total. The summed E-state index contributed by atoms with van der Waals surface area (Å²) >= 11 is 9.27. The number of ether oxygens (including phenoxy) is 1. The van der Waals surface area contributed by atoms with Crippen molar-refractivity contribution in [2.24, 2.45) is 0 Å². The first-order valence-electron chi connectivity index (χ1n) is 5.79. The summed E-state index contributed by atoms with van der Waals surface area (Å²) in [7, 11) is 0. The van der Waals surface area contributed by atoms with Crippen molar-refractivity contribution in [3.05, 3.63) is 63.9 Å². The Labute approximate surface area is 129 Å². The van der Waals surface area contributed by atoms with Crippen LogP contribution in [0, 0.1) is 17.1 Å². The van der Waals surface area contributed by atoms with E-state index in [9.17, 15) is 4.39 Å². The van der Waals surface area contributed by atoms with Gasteiger partial charge in [-0.2, -0.15) is 5.26 Å². The van der Waals surface area contributed by atoms with Crippen LogP contribution in [0.2, 0.25) is 5.02 Å². The molecule has 0 aliphatic carbocycles. The molecular formula is C15H10BrClFNO. The SMILES string of the molecule is N#Cc1cc(F)cc(COc2ccc(Cl)cc2CBr)c1. The van der Waals surface area contributed by atoms with E-state index in [1.807, 2.05) is 6.07 Å². The predicted molar refractivity (Wildman–Crippen MR) is 79.5 cm³/mol. The summed E-state index contributed by atoms with van der Waals surface area (Å²) in [5.41, 5.74) is 1.80. The second-order valence-corrected chi connectivity index (χ2v) is 5.13. The van der Waals surface area contributed by atoms with Gasteiger partial charge in [0.1, 0.15) is 18.2 Å². The van der Waals surface area contributed by atoms with Gasteiger partial charge in [-0.25, -0.2) is 4.39 Å². The van der Waals surface area contributed by atoms with Crippen LogP contribution >= 0.6 is 27.5 Å². The van der Waals surface area contributed by atoms with E-state index in [4.69, 9.17) is 21.6 Å². The molecule has 0 fully saturated rings. The van der Waals surface area contributed by atoms with Crippen molar-refractivity contribution in [3.8, 4) is 11.8 Å². The van der Waals surface area contributed by atoms with Gasteiger partial charge in [0.05, 0.1) is 11.6 Å². The molecule has 20 heavy (non-hydrogen) atoms. The van der Waals surface area contributed by atoms with Crippen LogP contribution < -0.4 is 4.74 Å². The molecule has 0 saturated heterocycles. The van der Waals surface area contributed by atoms with Crippen molar-refractivity contribution in [2.45, 2.75) is 11.9 Å². The van der Waals surface area contributed by atoms with Crippen molar-refractivity contribution < 1.29 is 9.13 Å². The Hall–Kier alpha value is -1.57. The van der Waals surface area contributed by atoms with Gasteiger partial charge in [0.15, 0.2) is 0 Å². The molecule has 0 aromatic heterocycles. The van der Waals surface area contributed by atoms with Crippen LogP contribution in [0.1, 0.15) is 16.7 Å². The molecule has 0 aliphatic heterocycles. The van der Waals surface area contributed by atoms with E-state index in [-0.39, 0.29) is 12.2 Å². The van der Waals surface area contributed by atoms with E-state index in [0.29, 0.717) is 21.7 Å². The molecule has 0 aliphatic rings. The summed E-state index contributed by atoms with van der Waals surface area (Å²) in [5, 5.41) is 10.0. The molecule has 0 bridgehead atoms. The normalized spacial score (nSPS) is 10.1. The van der Waals surface area contributed by atoms with Crippen molar-refractivity contribution in [2.75, 3.05) is 0 Å². The van der Waals surface area contributed by atoms with E-state index < -0.39 is 5.82 Å². The van der Waals surface area contributed by atoms with Crippen molar-refractivity contribution >= 4 is 27.5 Å². The lowest BCUT2D eigenvalue weighted by Gasteiger charge is -2.10. The van der Waals surface area contributed by atoms with Crippen LogP contribution in [0.25, 0.3) is 0 Å². The minimum absolute atomic E-state index is 0.189. The molecule has 0 N–H and O–H groups in total. The van der Waals surface area contributed by atoms with Crippen LogP contribution in [0.15, 0.2) is 36.4 Å². The number of alkyl halides is 1. The lowest BCUT2D eigenvalue weighted by atomic mass is 10.1. The zero-order valence-corrected chi connectivity index (χ0v) is 12.7. The molecule has 0 atom stereocenters. The van der Waals surface area contributed by atoms with E-state index in [0.717, 1.165) is 5.56 Å². The smallest absolute Gasteiger partial charge is 0.124 e. The maximum absolute atomic E-state index is 13.3. The van der Waals surface area contributed by atoms with Crippen LogP contribution in [0.5, 0.6) is 5.75 Å². The van der Waals surface area contributed by atoms with Gasteiger partial charge in [-0.1, -0.05) is 27.5 Å². The van der Waals surface area contributed by atoms with E-state index >= 15 is 0 Å². The Bertz CT molecular complexity index is 669. The molecule has 2 rings (SSSR count). The molecule has 0 saturated carbocycles. The molecule has 0 amide bonds. The number of nitrogens with zero attached hydrogens (tertiary/aromatic N) is 1. The summed E-state index contributed by atoms with van der Waals surface area (Å²) in [4.78, 5) is 0. The largest absolute Gasteiger partial charge is 0.489 e. The maximum Gasteiger partial charge on any atom is 0.124 e. The maximum atomic E-state index is 13.3. The van der Waals surface area contributed by atoms with Gasteiger partial charge < -0.3 is 4.74 Å². The van der Waals surface area contributed by atoms with Gasteiger partial charge in [0, 0.05) is 15.9 Å². The van der Waals surface area contributed by atoms with Gasteiger partial charge in [0.25, 0.3) is 0 Å². The summed E-state index contributed by atoms with van der Waals surface area (Å²) in [5.74, 6) is 0.230. The van der Waals surface area contributed by atoms with Gasteiger partial charge >= 0.3 is 0 Å². The zero-order chi connectivity index (χ0) is 14.5. The number of benzene rings is 2. The van der Waals surface area contributed by atoms with Gasteiger partial charge in [0.2, 0.25) is 0 Å². The molecule has 2 aromatic carbocycles. The molecule has 5 heteroatoms. The number of halogens is 3. The Morgan fingerprint density at radius 2 is 2.05 bits per heavy atom. The highest BCUT2D eigenvalue weighted by Crippen LogP contribution is 2.26. The van der Waals surface area contributed by atoms with Crippen LogP contribution in [-0.4, -0.2) is 0 Å². The monoisotopic (exact) mass is 353 g/mol. The zero-order valence-electron chi connectivity index (χ0n) is 10.4. The summed E-state index contributed by atoms with van der Waals surface area (Å²) in [6.07, 6.45) is 0. The van der Waals surface area contributed by atoms with E-state index in [2.05, 4.69) is 15.9 Å². The highest BCUT2D eigenvalue weighted by Gasteiger charge is 2.06. The average molecular weight is 355 g/mol. The van der Waals surface area contributed by atoms with Crippen molar-refractivity contribution in [3.63, 3.8) is 0 Å². The average Bonchev–Trinajstić information content (AvgIpc) is 2.45. The second kappa shape index (κ2) is 6.74. The summed E-state index contributed by atoms with van der Waals surface area (Å²) < 4.78 is 19.0. The standard InChI is InChI=1S/C15H10BrClFNO/c16-7-12-6-13(17)1-2-15(12)20-9-11-3-10(8-19)4-14(18)5-11/h1-6H,7,9H2. The summed E-state index contributed by atoms with van der Waals surface area (Å²) in [6.45, 7) is 0.189. The highest BCUT2D eigenvalue weighted by atomic mass is 79.9. The number of hydrogen-bond donors (Lipinski definition) is 0. The first-order valence-corrected chi connectivity index (χ1v) is 7.29. The van der Waals surface area contributed by atoms with Gasteiger partial charge in [-0.3, -0.25) is 0 Å². The number of rotatable bonds is 4. The van der Waals surface area contributed by atoms with Crippen LogP contribution in [0.4, 0.5) is 4.39 Å². The molecule has 0 unspecified atom stereocenters. The Morgan fingerprint density at radius 3 is 2.75 bits per heavy atom. The Kier molecular flexibility index (Phi) is 4.99. The topological polar surface area (TPSA) is 33.0 Å². The third-order valence-electron chi connectivity index (χ3n) is 2.65. The number of hydrogen-bond acceptors (Lipinski definition) is 2.